The van der Waals surface area contributed by atoms with Crippen molar-refractivity contribution in [3.63, 3.8) is 0 Å². The fourth-order valence-corrected chi connectivity index (χ4v) is 1.99. The van der Waals surface area contributed by atoms with Crippen molar-refractivity contribution in [2.24, 2.45) is 5.41 Å². The van der Waals surface area contributed by atoms with E-state index in [4.69, 9.17) is 0 Å². The highest BCUT2D eigenvalue weighted by molar-refractivity contribution is 4.80. The monoisotopic (exact) mass is 198 g/mol. The first-order chi connectivity index (χ1) is 6.52. The Labute approximate surface area is 89.1 Å². The Kier molecular flexibility index (Phi) is 4.39. The fourth-order valence-electron chi connectivity index (χ4n) is 1.99. The zero-order chi connectivity index (χ0) is 10.6. The summed E-state index contributed by atoms with van der Waals surface area (Å²) in [6.45, 7) is 14.3. The van der Waals surface area contributed by atoms with E-state index in [2.05, 4.69) is 37.9 Å². The lowest BCUT2D eigenvalue weighted by molar-refractivity contribution is 0.106. The average molecular weight is 198 g/mol. The molecule has 14 heavy (non-hydrogen) atoms. The van der Waals surface area contributed by atoms with E-state index in [0.29, 0.717) is 11.5 Å². The van der Waals surface area contributed by atoms with Crippen molar-refractivity contribution in [2.45, 2.75) is 46.6 Å². The zero-order valence-corrected chi connectivity index (χ0v) is 10.3. The number of rotatable bonds is 1. The molecule has 1 atom stereocenters. The average Bonchev–Trinajstić information content (AvgIpc) is 2.00. The first-order valence-electron chi connectivity index (χ1n) is 5.96. The molecule has 0 aromatic rings. The Morgan fingerprint density at radius 2 is 1.57 bits per heavy atom. The molecule has 1 rings (SSSR count). The summed E-state index contributed by atoms with van der Waals surface area (Å²) in [5.41, 5.74) is 0.409. The summed E-state index contributed by atoms with van der Waals surface area (Å²) in [7, 11) is 0. The largest absolute Gasteiger partial charge is 0.317 e. The summed E-state index contributed by atoms with van der Waals surface area (Å²) in [6, 6.07) is 0.695. The molecule has 1 unspecified atom stereocenters. The highest BCUT2D eigenvalue weighted by Crippen LogP contribution is 2.24. The lowest BCUT2D eigenvalue weighted by Gasteiger charge is -2.38. The Balaban J connectivity index is 2.47. The standard InChI is InChI=1S/C12H26N2/c1-11(12(2,3)4)14-9-5-7-13-8-6-10-14/h11,13H,5-10H2,1-4H3. The Morgan fingerprint density at radius 1 is 1.07 bits per heavy atom. The van der Waals surface area contributed by atoms with Crippen LogP contribution in [0.2, 0.25) is 0 Å². The van der Waals surface area contributed by atoms with Gasteiger partial charge in [0.15, 0.2) is 0 Å². The summed E-state index contributed by atoms with van der Waals surface area (Å²) in [4.78, 5) is 2.65. The first-order valence-corrected chi connectivity index (χ1v) is 5.96. The molecule has 1 aliphatic heterocycles. The second-order valence-electron chi connectivity index (χ2n) is 5.54. The third-order valence-corrected chi connectivity index (χ3v) is 3.40. The summed E-state index contributed by atoms with van der Waals surface area (Å²) in [6.07, 6.45) is 2.58. The highest BCUT2D eigenvalue weighted by Gasteiger charge is 2.25. The number of nitrogens with one attached hydrogen (secondary N) is 1. The van der Waals surface area contributed by atoms with Crippen LogP contribution in [-0.4, -0.2) is 37.1 Å². The van der Waals surface area contributed by atoms with Gasteiger partial charge in [-0.15, -0.1) is 0 Å². The summed E-state index contributed by atoms with van der Waals surface area (Å²) in [5.74, 6) is 0. The van der Waals surface area contributed by atoms with Crippen LogP contribution in [0.5, 0.6) is 0 Å². The maximum absolute atomic E-state index is 3.46. The molecule has 0 amide bonds. The smallest absolute Gasteiger partial charge is 0.0115 e. The molecule has 0 bridgehead atoms. The molecule has 2 nitrogen and oxygen atoms in total. The van der Waals surface area contributed by atoms with E-state index >= 15 is 0 Å². The molecule has 0 saturated carbocycles. The van der Waals surface area contributed by atoms with Gasteiger partial charge in [-0.05, 0) is 51.4 Å². The van der Waals surface area contributed by atoms with Gasteiger partial charge >= 0.3 is 0 Å². The van der Waals surface area contributed by atoms with Crippen molar-refractivity contribution in [3.05, 3.63) is 0 Å². The van der Waals surface area contributed by atoms with E-state index in [1.807, 2.05) is 0 Å². The molecule has 1 fully saturated rings. The van der Waals surface area contributed by atoms with E-state index in [1.54, 1.807) is 0 Å². The van der Waals surface area contributed by atoms with E-state index in [1.165, 1.54) is 39.0 Å². The van der Waals surface area contributed by atoms with Gasteiger partial charge in [0.05, 0.1) is 0 Å². The molecule has 0 aliphatic carbocycles. The van der Waals surface area contributed by atoms with Crippen LogP contribution in [0.15, 0.2) is 0 Å². The Hall–Kier alpha value is -0.0800. The lowest BCUT2D eigenvalue weighted by Crippen LogP contribution is -2.45. The molecule has 1 N–H and O–H groups in total. The second kappa shape index (κ2) is 5.13. The van der Waals surface area contributed by atoms with Gasteiger partial charge in [-0.25, -0.2) is 0 Å². The first kappa shape index (κ1) is 12.0. The van der Waals surface area contributed by atoms with Crippen molar-refractivity contribution in [2.75, 3.05) is 26.2 Å². The number of nitrogens with zero attached hydrogens (tertiary/aromatic N) is 1. The minimum atomic E-state index is 0.409. The van der Waals surface area contributed by atoms with Gasteiger partial charge in [-0.3, -0.25) is 0 Å². The van der Waals surface area contributed by atoms with E-state index in [0.717, 1.165) is 0 Å². The van der Waals surface area contributed by atoms with Crippen LogP contribution in [0, 0.1) is 5.41 Å². The molecule has 1 saturated heterocycles. The maximum Gasteiger partial charge on any atom is 0.0115 e. The quantitative estimate of drug-likeness (QED) is 0.694. The number of hydrogen-bond acceptors (Lipinski definition) is 2. The molecule has 84 valence electrons. The molecule has 0 aromatic heterocycles. The fraction of sp³-hybridized carbons (Fsp3) is 1.00. The molecule has 0 spiro atoms. The molecule has 2 heteroatoms. The summed E-state index contributed by atoms with van der Waals surface area (Å²) < 4.78 is 0. The molecular formula is C12H26N2. The summed E-state index contributed by atoms with van der Waals surface area (Å²) in [5, 5.41) is 3.46. The normalized spacial score (nSPS) is 24.0. The van der Waals surface area contributed by atoms with E-state index in [9.17, 15) is 0 Å². The van der Waals surface area contributed by atoms with Crippen molar-refractivity contribution >= 4 is 0 Å². The van der Waals surface area contributed by atoms with Crippen molar-refractivity contribution in [1.29, 1.82) is 0 Å². The lowest BCUT2D eigenvalue weighted by atomic mass is 9.86. The topological polar surface area (TPSA) is 15.3 Å². The third-order valence-electron chi connectivity index (χ3n) is 3.40. The van der Waals surface area contributed by atoms with Crippen LogP contribution in [0.25, 0.3) is 0 Å². The van der Waals surface area contributed by atoms with E-state index in [-0.39, 0.29) is 0 Å². The van der Waals surface area contributed by atoms with Crippen LogP contribution in [0.4, 0.5) is 0 Å². The van der Waals surface area contributed by atoms with Crippen molar-refractivity contribution in [1.82, 2.24) is 10.2 Å². The highest BCUT2D eigenvalue weighted by atomic mass is 15.2. The van der Waals surface area contributed by atoms with Crippen molar-refractivity contribution < 1.29 is 0 Å². The van der Waals surface area contributed by atoms with Crippen LogP contribution >= 0.6 is 0 Å². The van der Waals surface area contributed by atoms with Gasteiger partial charge in [-0.1, -0.05) is 20.8 Å². The van der Waals surface area contributed by atoms with Crippen LogP contribution < -0.4 is 5.32 Å². The molecule has 0 radical (unpaired) electrons. The Morgan fingerprint density at radius 3 is 2.00 bits per heavy atom. The molecule has 0 aromatic carbocycles. The predicted octanol–water partition coefficient (Wildman–Crippen LogP) is 2.11. The summed E-state index contributed by atoms with van der Waals surface area (Å²) >= 11 is 0. The van der Waals surface area contributed by atoms with Gasteiger partial charge in [0, 0.05) is 6.04 Å². The molecule has 1 aliphatic rings. The predicted molar refractivity (Wildman–Crippen MR) is 62.6 cm³/mol. The van der Waals surface area contributed by atoms with Crippen molar-refractivity contribution in [3.8, 4) is 0 Å². The van der Waals surface area contributed by atoms with Gasteiger partial charge in [0.2, 0.25) is 0 Å². The molecular weight excluding hydrogens is 172 g/mol. The van der Waals surface area contributed by atoms with Gasteiger partial charge < -0.3 is 10.2 Å². The minimum absolute atomic E-state index is 0.409. The zero-order valence-electron chi connectivity index (χ0n) is 10.3. The SMILES string of the molecule is CC(N1CCCNCCC1)C(C)(C)C. The Bertz CT molecular complexity index is 152. The van der Waals surface area contributed by atoms with Crippen LogP contribution in [0.1, 0.15) is 40.5 Å². The van der Waals surface area contributed by atoms with Crippen LogP contribution in [0.3, 0.4) is 0 Å². The minimum Gasteiger partial charge on any atom is -0.317 e. The van der Waals surface area contributed by atoms with Crippen LogP contribution in [-0.2, 0) is 0 Å². The molecule has 1 heterocycles. The van der Waals surface area contributed by atoms with Gasteiger partial charge in [0.25, 0.3) is 0 Å². The number of hydrogen-bond donors (Lipinski definition) is 1. The third kappa shape index (κ3) is 3.58. The maximum atomic E-state index is 3.46. The van der Waals surface area contributed by atoms with E-state index < -0.39 is 0 Å². The van der Waals surface area contributed by atoms with Gasteiger partial charge in [-0.2, -0.15) is 0 Å². The van der Waals surface area contributed by atoms with Gasteiger partial charge in [0.1, 0.15) is 0 Å². The second-order valence-corrected chi connectivity index (χ2v) is 5.54.